The van der Waals surface area contributed by atoms with Crippen molar-refractivity contribution >= 4 is 11.3 Å². The van der Waals surface area contributed by atoms with Crippen LogP contribution >= 0.6 is 11.3 Å². The van der Waals surface area contributed by atoms with E-state index >= 15 is 0 Å². The maximum absolute atomic E-state index is 6.11. The molecule has 2 fully saturated rings. The van der Waals surface area contributed by atoms with Gasteiger partial charge in [-0.3, -0.25) is 4.90 Å². The van der Waals surface area contributed by atoms with Crippen LogP contribution in [0.1, 0.15) is 48.6 Å². The first kappa shape index (κ1) is 12.6. The highest BCUT2D eigenvalue weighted by atomic mass is 32.1. The molecule has 3 unspecified atom stereocenters. The molecule has 18 heavy (non-hydrogen) atoms. The Morgan fingerprint density at radius 3 is 2.94 bits per heavy atom. The van der Waals surface area contributed by atoms with Crippen molar-refractivity contribution in [3.05, 3.63) is 21.9 Å². The van der Waals surface area contributed by atoms with Gasteiger partial charge in [-0.15, -0.1) is 11.3 Å². The molecule has 2 aliphatic rings. The molecule has 3 atom stereocenters. The first-order chi connectivity index (χ1) is 8.81. The third-order valence-corrected chi connectivity index (χ3v) is 5.98. The molecule has 100 valence electrons. The summed E-state index contributed by atoms with van der Waals surface area (Å²) in [6, 6.07) is 3.52. The lowest BCUT2D eigenvalue weighted by Gasteiger charge is -2.42. The molecular formula is C15H24N2S. The number of hydrogen-bond donors (Lipinski definition) is 1. The fourth-order valence-electron chi connectivity index (χ4n) is 4.00. The Hall–Kier alpha value is -0.380. The minimum atomic E-state index is 0.468. The lowest BCUT2D eigenvalue weighted by atomic mass is 9.90. The van der Waals surface area contributed by atoms with Crippen LogP contribution in [0, 0.1) is 12.8 Å². The molecule has 2 nitrogen and oxygen atoms in total. The Bertz CT molecular complexity index is 401. The van der Waals surface area contributed by atoms with Crippen LogP contribution in [-0.2, 0) is 0 Å². The molecule has 0 aromatic carbocycles. The minimum absolute atomic E-state index is 0.468. The maximum atomic E-state index is 6.11. The number of likely N-dealkylation sites (tertiary alicyclic amines) is 1. The molecule has 3 rings (SSSR count). The van der Waals surface area contributed by atoms with Gasteiger partial charge in [-0.05, 0) is 62.1 Å². The van der Waals surface area contributed by atoms with E-state index in [4.69, 9.17) is 5.73 Å². The van der Waals surface area contributed by atoms with E-state index in [1.807, 2.05) is 11.3 Å². The van der Waals surface area contributed by atoms with Gasteiger partial charge in [0.25, 0.3) is 0 Å². The van der Waals surface area contributed by atoms with Crippen LogP contribution in [0.25, 0.3) is 0 Å². The van der Waals surface area contributed by atoms with Crippen LogP contribution in [-0.4, -0.2) is 24.0 Å². The fraction of sp³-hybridized carbons (Fsp3) is 0.733. The largest absolute Gasteiger partial charge is 0.329 e. The number of hydrogen-bond acceptors (Lipinski definition) is 3. The van der Waals surface area contributed by atoms with Gasteiger partial charge in [0.15, 0.2) is 0 Å². The average molecular weight is 264 g/mol. The second-order valence-electron chi connectivity index (χ2n) is 5.86. The van der Waals surface area contributed by atoms with Crippen molar-refractivity contribution in [2.75, 3.05) is 13.1 Å². The second kappa shape index (κ2) is 5.32. The van der Waals surface area contributed by atoms with Gasteiger partial charge in [-0.1, -0.05) is 6.42 Å². The summed E-state index contributed by atoms with van der Waals surface area (Å²) in [5.41, 5.74) is 7.54. The highest BCUT2D eigenvalue weighted by Gasteiger charge is 2.38. The summed E-state index contributed by atoms with van der Waals surface area (Å²) in [7, 11) is 0. The van der Waals surface area contributed by atoms with Crippen molar-refractivity contribution in [1.29, 1.82) is 0 Å². The zero-order chi connectivity index (χ0) is 12.5. The van der Waals surface area contributed by atoms with Gasteiger partial charge in [0.05, 0.1) is 6.04 Å². The number of fused-ring (bicyclic) bond motifs is 1. The van der Waals surface area contributed by atoms with Gasteiger partial charge in [0.1, 0.15) is 0 Å². The third kappa shape index (κ3) is 2.13. The Kier molecular flexibility index (Phi) is 3.73. The van der Waals surface area contributed by atoms with Crippen LogP contribution in [0.2, 0.25) is 0 Å². The molecule has 1 aromatic rings. The van der Waals surface area contributed by atoms with E-state index in [9.17, 15) is 0 Å². The Labute approximate surface area is 114 Å². The van der Waals surface area contributed by atoms with Gasteiger partial charge in [-0.25, -0.2) is 0 Å². The zero-order valence-electron chi connectivity index (χ0n) is 11.3. The molecule has 3 heteroatoms. The summed E-state index contributed by atoms with van der Waals surface area (Å²) in [4.78, 5) is 4.24. The molecule has 2 N–H and O–H groups in total. The third-order valence-electron chi connectivity index (χ3n) is 4.86. The summed E-state index contributed by atoms with van der Waals surface area (Å²) in [5, 5.41) is 2.21. The number of rotatable bonds is 3. The average Bonchev–Trinajstić information content (AvgIpc) is 3.00. The van der Waals surface area contributed by atoms with Gasteiger partial charge in [0.2, 0.25) is 0 Å². The standard InChI is InChI=1S/C15H24N2S/c1-11-7-9-18-15(11)14(10-16)17-8-3-5-12-4-2-6-13(12)17/h7,9,12-14H,2-6,8,10,16H2,1H3. The van der Waals surface area contributed by atoms with E-state index < -0.39 is 0 Å². The summed E-state index contributed by atoms with van der Waals surface area (Å²) in [5.74, 6) is 0.952. The van der Waals surface area contributed by atoms with E-state index in [1.54, 1.807) is 0 Å². The molecule has 1 aromatic heterocycles. The quantitative estimate of drug-likeness (QED) is 0.907. The molecular weight excluding hydrogens is 240 g/mol. The molecule has 0 spiro atoms. The van der Waals surface area contributed by atoms with Crippen LogP contribution in [0.5, 0.6) is 0 Å². The molecule has 0 radical (unpaired) electrons. The first-order valence-electron chi connectivity index (χ1n) is 7.31. The van der Waals surface area contributed by atoms with E-state index in [2.05, 4.69) is 23.3 Å². The first-order valence-corrected chi connectivity index (χ1v) is 8.19. The number of nitrogens with zero attached hydrogens (tertiary/aromatic N) is 1. The Morgan fingerprint density at radius 2 is 2.22 bits per heavy atom. The Balaban J connectivity index is 1.85. The van der Waals surface area contributed by atoms with Crippen LogP contribution < -0.4 is 5.73 Å². The summed E-state index contributed by atoms with van der Waals surface area (Å²) in [6.07, 6.45) is 7.07. The minimum Gasteiger partial charge on any atom is -0.329 e. The molecule has 0 bridgehead atoms. The van der Waals surface area contributed by atoms with Gasteiger partial charge in [0, 0.05) is 17.5 Å². The highest BCUT2D eigenvalue weighted by Crippen LogP contribution is 2.41. The van der Waals surface area contributed by atoms with Crippen molar-refractivity contribution in [3.8, 4) is 0 Å². The number of piperidine rings is 1. The zero-order valence-corrected chi connectivity index (χ0v) is 12.1. The van der Waals surface area contributed by atoms with Gasteiger partial charge < -0.3 is 5.73 Å². The van der Waals surface area contributed by atoms with E-state index in [1.165, 1.54) is 49.1 Å². The number of aryl methyl sites for hydroxylation is 1. The smallest absolute Gasteiger partial charge is 0.0569 e. The van der Waals surface area contributed by atoms with Gasteiger partial charge in [-0.2, -0.15) is 0 Å². The maximum Gasteiger partial charge on any atom is 0.0569 e. The predicted molar refractivity (Wildman–Crippen MR) is 77.9 cm³/mol. The molecule has 1 saturated carbocycles. The molecule has 1 aliphatic carbocycles. The van der Waals surface area contributed by atoms with E-state index in [0.717, 1.165) is 18.5 Å². The van der Waals surface area contributed by atoms with Crippen LogP contribution in [0.15, 0.2) is 11.4 Å². The summed E-state index contributed by atoms with van der Waals surface area (Å²) in [6.45, 7) is 4.25. The number of thiophene rings is 1. The highest BCUT2D eigenvalue weighted by molar-refractivity contribution is 7.10. The summed E-state index contributed by atoms with van der Waals surface area (Å²) >= 11 is 1.89. The lowest BCUT2D eigenvalue weighted by Crippen LogP contribution is -2.46. The van der Waals surface area contributed by atoms with Gasteiger partial charge >= 0.3 is 0 Å². The predicted octanol–water partition coefficient (Wildman–Crippen LogP) is 3.32. The molecule has 0 amide bonds. The topological polar surface area (TPSA) is 29.3 Å². The van der Waals surface area contributed by atoms with Crippen LogP contribution in [0.3, 0.4) is 0 Å². The molecule has 1 aliphatic heterocycles. The summed E-state index contributed by atoms with van der Waals surface area (Å²) < 4.78 is 0. The SMILES string of the molecule is Cc1ccsc1C(CN)N1CCCC2CCCC21. The van der Waals surface area contributed by atoms with E-state index in [-0.39, 0.29) is 0 Å². The Morgan fingerprint density at radius 1 is 1.39 bits per heavy atom. The number of nitrogens with two attached hydrogens (primary N) is 1. The second-order valence-corrected chi connectivity index (χ2v) is 6.81. The molecule has 1 saturated heterocycles. The normalized spacial score (nSPS) is 30.3. The van der Waals surface area contributed by atoms with Crippen molar-refractivity contribution in [3.63, 3.8) is 0 Å². The lowest BCUT2D eigenvalue weighted by molar-refractivity contribution is 0.0714. The van der Waals surface area contributed by atoms with Crippen molar-refractivity contribution < 1.29 is 0 Å². The molecule has 2 heterocycles. The monoisotopic (exact) mass is 264 g/mol. The van der Waals surface area contributed by atoms with Crippen LogP contribution in [0.4, 0.5) is 0 Å². The van der Waals surface area contributed by atoms with E-state index in [0.29, 0.717) is 6.04 Å². The van der Waals surface area contributed by atoms with Crippen molar-refractivity contribution in [1.82, 2.24) is 4.90 Å². The fourth-order valence-corrected chi connectivity index (χ4v) is 5.06. The van der Waals surface area contributed by atoms with Crippen molar-refractivity contribution in [2.45, 2.75) is 51.1 Å². The van der Waals surface area contributed by atoms with Crippen molar-refractivity contribution in [2.24, 2.45) is 11.7 Å².